The summed E-state index contributed by atoms with van der Waals surface area (Å²) in [5.74, 6) is -1.01. The molecule has 0 radical (unpaired) electrons. The van der Waals surface area contributed by atoms with Gasteiger partial charge in [-0.1, -0.05) is 29.8 Å². The van der Waals surface area contributed by atoms with Gasteiger partial charge in [0.2, 0.25) is 0 Å². The first-order valence-electron chi connectivity index (χ1n) is 7.93. The van der Waals surface area contributed by atoms with Crippen LogP contribution in [0.15, 0.2) is 70.4 Å². The Morgan fingerprint density at radius 3 is 2.67 bits per heavy atom. The molecule has 0 spiro atoms. The third-order valence-electron chi connectivity index (χ3n) is 3.66. The smallest absolute Gasteiger partial charge is 0.349 e. The van der Waals surface area contributed by atoms with Gasteiger partial charge in [-0.25, -0.2) is 9.59 Å². The van der Waals surface area contributed by atoms with E-state index in [0.717, 1.165) is 0 Å². The van der Waals surface area contributed by atoms with Crippen molar-refractivity contribution in [1.29, 1.82) is 0 Å². The molecule has 1 amide bonds. The summed E-state index contributed by atoms with van der Waals surface area (Å²) in [4.78, 5) is 36.2. The Morgan fingerprint density at radius 1 is 1.15 bits per heavy atom. The van der Waals surface area contributed by atoms with Crippen molar-refractivity contribution in [2.24, 2.45) is 0 Å². The Morgan fingerprint density at radius 2 is 1.93 bits per heavy atom. The quantitative estimate of drug-likeness (QED) is 0.315. The van der Waals surface area contributed by atoms with E-state index in [4.69, 9.17) is 20.8 Å². The predicted molar refractivity (Wildman–Crippen MR) is 101 cm³/mol. The molecule has 0 aliphatic carbocycles. The normalized spacial score (nSPS) is 10.4. The van der Waals surface area contributed by atoms with Gasteiger partial charge in [0.25, 0.3) is 5.91 Å². The summed E-state index contributed by atoms with van der Waals surface area (Å²) >= 11 is 5.98. The number of benzene rings is 2. The van der Waals surface area contributed by atoms with Crippen molar-refractivity contribution < 1.29 is 18.7 Å². The molecule has 3 aromatic rings. The second-order valence-corrected chi connectivity index (χ2v) is 5.92. The first-order chi connectivity index (χ1) is 13.0. The van der Waals surface area contributed by atoms with Crippen LogP contribution in [0.2, 0.25) is 5.02 Å². The summed E-state index contributed by atoms with van der Waals surface area (Å²) < 4.78 is 10.5. The van der Waals surface area contributed by atoms with Gasteiger partial charge in [-0.05, 0) is 30.3 Å². The lowest BCUT2D eigenvalue weighted by Gasteiger charge is -2.07. The Kier molecular flexibility index (Phi) is 5.38. The average molecular weight is 384 g/mol. The Hall–Kier alpha value is -3.38. The first kappa shape index (κ1) is 18.4. The summed E-state index contributed by atoms with van der Waals surface area (Å²) in [6.45, 7) is 3.72. The number of ether oxygens (including phenoxy) is 1. The summed E-state index contributed by atoms with van der Waals surface area (Å²) in [7, 11) is 0. The summed E-state index contributed by atoms with van der Waals surface area (Å²) in [5, 5.41) is 3.29. The molecular formula is C20H14ClNO5. The van der Waals surface area contributed by atoms with Crippen molar-refractivity contribution in [3.63, 3.8) is 0 Å². The highest BCUT2D eigenvalue weighted by molar-refractivity contribution is 6.33. The standard InChI is InChI=1S/C20H14ClNO5/c1-2-9-22-18(23)15-10-12-7-8-13(11-17(12)27-20(15)25)26-19(24)14-5-3-4-6-16(14)21/h2-8,10-11H,1,9H2,(H,22,23). The molecule has 0 fully saturated rings. The van der Waals surface area contributed by atoms with Crippen LogP contribution in [0.3, 0.4) is 0 Å². The molecule has 0 saturated carbocycles. The van der Waals surface area contributed by atoms with Crippen LogP contribution in [-0.2, 0) is 0 Å². The van der Waals surface area contributed by atoms with Gasteiger partial charge in [-0.15, -0.1) is 6.58 Å². The zero-order chi connectivity index (χ0) is 19.4. The number of nitrogens with one attached hydrogen (secondary N) is 1. The van der Waals surface area contributed by atoms with E-state index >= 15 is 0 Å². The summed E-state index contributed by atoms with van der Waals surface area (Å²) in [6.07, 6.45) is 1.50. The lowest BCUT2D eigenvalue weighted by Crippen LogP contribution is -2.28. The van der Waals surface area contributed by atoms with Crippen LogP contribution >= 0.6 is 11.6 Å². The van der Waals surface area contributed by atoms with Gasteiger partial charge in [0.05, 0.1) is 10.6 Å². The van der Waals surface area contributed by atoms with Gasteiger partial charge in [0.1, 0.15) is 16.9 Å². The first-order valence-corrected chi connectivity index (χ1v) is 8.31. The molecule has 27 heavy (non-hydrogen) atoms. The largest absolute Gasteiger partial charge is 0.423 e. The van der Waals surface area contributed by atoms with Gasteiger partial charge in [0.15, 0.2) is 0 Å². The number of rotatable bonds is 5. The van der Waals surface area contributed by atoms with Crippen molar-refractivity contribution in [1.82, 2.24) is 5.32 Å². The van der Waals surface area contributed by atoms with Crippen molar-refractivity contribution in [3.8, 4) is 5.75 Å². The van der Waals surface area contributed by atoms with Crippen LogP contribution in [0.4, 0.5) is 0 Å². The highest BCUT2D eigenvalue weighted by Crippen LogP contribution is 2.23. The van der Waals surface area contributed by atoms with Gasteiger partial charge in [-0.2, -0.15) is 0 Å². The third-order valence-corrected chi connectivity index (χ3v) is 3.99. The fraction of sp³-hybridized carbons (Fsp3) is 0.0500. The van der Waals surface area contributed by atoms with Crippen LogP contribution in [-0.4, -0.2) is 18.4 Å². The van der Waals surface area contributed by atoms with Crippen LogP contribution in [0, 0.1) is 0 Å². The Bertz CT molecular complexity index is 1100. The zero-order valence-corrected chi connectivity index (χ0v) is 14.8. The van der Waals surface area contributed by atoms with E-state index in [1.807, 2.05) is 0 Å². The van der Waals surface area contributed by atoms with E-state index in [0.29, 0.717) is 5.39 Å². The second kappa shape index (κ2) is 7.88. The molecule has 3 rings (SSSR count). The molecule has 0 unspecified atom stereocenters. The highest BCUT2D eigenvalue weighted by Gasteiger charge is 2.15. The number of esters is 1. The van der Waals surface area contributed by atoms with Crippen LogP contribution in [0.5, 0.6) is 5.75 Å². The van der Waals surface area contributed by atoms with Gasteiger partial charge in [-0.3, -0.25) is 4.79 Å². The number of hydrogen-bond donors (Lipinski definition) is 1. The van der Waals surface area contributed by atoms with Gasteiger partial charge < -0.3 is 14.5 Å². The molecular weight excluding hydrogens is 370 g/mol. The zero-order valence-electron chi connectivity index (χ0n) is 14.0. The lowest BCUT2D eigenvalue weighted by molar-refractivity contribution is 0.0735. The van der Waals surface area contributed by atoms with Crippen molar-refractivity contribution >= 4 is 34.4 Å². The molecule has 7 heteroatoms. The van der Waals surface area contributed by atoms with E-state index in [2.05, 4.69) is 11.9 Å². The number of halogens is 1. The van der Waals surface area contributed by atoms with Crippen LogP contribution < -0.4 is 15.7 Å². The fourth-order valence-electron chi connectivity index (χ4n) is 2.36. The van der Waals surface area contributed by atoms with E-state index < -0.39 is 17.5 Å². The minimum absolute atomic E-state index is 0.120. The minimum Gasteiger partial charge on any atom is -0.423 e. The predicted octanol–water partition coefficient (Wildman–Crippen LogP) is 3.58. The molecule has 0 bridgehead atoms. The Labute approximate surface area is 159 Å². The SMILES string of the molecule is C=CCNC(=O)c1cc2ccc(OC(=O)c3ccccc3Cl)cc2oc1=O. The molecule has 1 N–H and O–H groups in total. The fourth-order valence-corrected chi connectivity index (χ4v) is 2.58. The molecule has 1 heterocycles. The average Bonchev–Trinajstić information content (AvgIpc) is 2.65. The van der Waals surface area contributed by atoms with Crippen LogP contribution in [0.1, 0.15) is 20.7 Å². The lowest BCUT2D eigenvalue weighted by atomic mass is 10.1. The number of hydrogen-bond acceptors (Lipinski definition) is 5. The maximum atomic E-state index is 12.2. The van der Waals surface area contributed by atoms with Crippen molar-refractivity contribution in [2.45, 2.75) is 0 Å². The minimum atomic E-state index is -0.793. The molecule has 2 aromatic carbocycles. The van der Waals surface area contributed by atoms with Crippen molar-refractivity contribution in [2.75, 3.05) is 6.54 Å². The van der Waals surface area contributed by atoms with Gasteiger partial charge in [0, 0.05) is 18.0 Å². The Balaban J connectivity index is 1.89. The molecule has 6 nitrogen and oxygen atoms in total. The van der Waals surface area contributed by atoms with Crippen molar-refractivity contribution in [3.05, 3.63) is 87.8 Å². The van der Waals surface area contributed by atoms with E-state index in [1.54, 1.807) is 30.3 Å². The molecule has 0 saturated heterocycles. The number of carbonyl (C=O) groups excluding carboxylic acids is 2. The molecule has 0 aliphatic rings. The van der Waals surface area contributed by atoms with E-state index in [1.165, 1.54) is 24.3 Å². The number of fused-ring (bicyclic) bond motifs is 1. The number of amides is 1. The molecule has 1 aromatic heterocycles. The molecule has 136 valence electrons. The second-order valence-electron chi connectivity index (χ2n) is 5.52. The topological polar surface area (TPSA) is 85.6 Å². The summed E-state index contributed by atoms with van der Waals surface area (Å²) in [5.41, 5.74) is -0.511. The van der Waals surface area contributed by atoms with Gasteiger partial charge >= 0.3 is 11.6 Å². The maximum absolute atomic E-state index is 12.2. The molecule has 0 atom stereocenters. The third kappa shape index (κ3) is 4.07. The highest BCUT2D eigenvalue weighted by atomic mass is 35.5. The van der Waals surface area contributed by atoms with Crippen LogP contribution in [0.25, 0.3) is 11.0 Å². The molecule has 0 aliphatic heterocycles. The van der Waals surface area contributed by atoms with E-state index in [9.17, 15) is 14.4 Å². The summed E-state index contributed by atoms with van der Waals surface area (Å²) in [6, 6.07) is 12.4. The maximum Gasteiger partial charge on any atom is 0.349 e. The monoisotopic (exact) mass is 383 g/mol. The number of carbonyl (C=O) groups is 2. The van der Waals surface area contributed by atoms with E-state index in [-0.39, 0.29) is 34.0 Å².